The molecule has 0 saturated heterocycles. The van der Waals surface area contributed by atoms with E-state index in [1.54, 1.807) is 4.57 Å². The minimum atomic E-state index is -0.199. The Balaban J connectivity index is 2.04. The zero-order valence-electron chi connectivity index (χ0n) is 19.3. The van der Waals surface area contributed by atoms with Crippen LogP contribution in [0.4, 0.5) is 5.69 Å². The molecule has 0 radical (unpaired) electrons. The highest BCUT2D eigenvalue weighted by Crippen LogP contribution is 2.29. The van der Waals surface area contributed by atoms with Gasteiger partial charge in [-0.1, -0.05) is 45.9 Å². The van der Waals surface area contributed by atoms with Gasteiger partial charge < -0.3 is 10.2 Å². The van der Waals surface area contributed by atoms with Crippen LogP contribution in [-0.4, -0.2) is 40.0 Å². The van der Waals surface area contributed by atoms with E-state index in [2.05, 4.69) is 24.1 Å². The van der Waals surface area contributed by atoms with Crippen molar-refractivity contribution in [2.45, 2.75) is 54.0 Å². The number of aryl methyl sites for hydroxylation is 2. The minimum Gasteiger partial charge on any atom is -0.321 e. The number of hydrogen-bond acceptors (Lipinski definition) is 5. The summed E-state index contributed by atoms with van der Waals surface area (Å²) in [7, 11) is 0. The first-order chi connectivity index (χ1) is 14.8. The predicted molar refractivity (Wildman–Crippen MR) is 130 cm³/mol. The number of benzene rings is 1. The van der Waals surface area contributed by atoms with E-state index in [0.29, 0.717) is 27.2 Å². The number of anilines is 1. The number of nitrogens with one attached hydrogen (secondary N) is 1. The third-order valence-electron chi connectivity index (χ3n) is 5.73. The molecule has 0 spiro atoms. The minimum absolute atomic E-state index is 0.0513. The second-order valence-electron chi connectivity index (χ2n) is 8.11. The average Bonchev–Trinajstić information content (AvgIpc) is 3.08. The number of aromatic nitrogens is 2. The van der Waals surface area contributed by atoms with Crippen LogP contribution < -0.4 is 10.9 Å². The number of fused-ring (bicyclic) bond motifs is 1. The van der Waals surface area contributed by atoms with Crippen molar-refractivity contribution in [3.63, 3.8) is 0 Å². The van der Waals surface area contributed by atoms with Gasteiger partial charge in [-0.25, -0.2) is 4.98 Å². The lowest BCUT2D eigenvalue weighted by atomic mass is 10.1. The summed E-state index contributed by atoms with van der Waals surface area (Å²) in [6, 6.07) is 7.67. The number of likely N-dealkylation sites (N-methyl/N-ethyl adjacent to an activating group) is 1. The molecule has 1 aromatic carbocycles. The van der Waals surface area contributed by atoms with Crippen LogP contribution in [0.15, 0.2) is 29.1 Å². The molecule has 7 heteroatoms. The molecule has 0 saturated carbocycles. The summed E-state index contributed by atoms with van der Waals surface area (Å²) in [6.45, 7) is 15.4. The normalized spacial score (nSPS) is 11.6. The van der Waals surface area contributed by atoms with Crippen LogP contribution in [0.5, 0.6) is 0 Å². The van der Waals surface area contributed by atoms with E-state index in [0.717, 1.165) is 36.7 Å². The predicted octanol–water partition coefficient (Wildman–Crippen LogP) is 4.79. The fourth-order valence-electron chi connectivity index (χ4n) is 3.78. The van der Waals surface area contributed by atoms with Crippen LogP contribution in [0, 0.1) is 13.8 Å². The first-order valence-corrected chi connectivity index (χ1v) is 11.7. The van der Waals surface area contributed by atoms with Crippen LogP contribution in [0.3, 0.4) is 0 Å². The maximum atomic E-state index is 13.5. The van der Waals surface area contributed by atoms with Crippen molar-refractivity contribution < 1.29 is 4.79 Å². The number of carbonyl (C=O) groups is 1. The molecule has 6 nitrogen and oxygen atoms in total. The van der Waals surface area contributed by atoms with Gasteiger partial charge in [-0.2, -0.15) is 0 Å². The highest BCUT2D eigenvalue weighted by Gasteiger charge is 2.23. The lowest BCUT2D eigenvalue weighted by Crippen LogP contribution is -2.33. The Kier molecular flexibility index (Phi) is 7.28. The number of carbonyl (C=O) groups excluding carboxylic acids is 1. The van der Waals surface area contributed by atoms with Gasteiger partial charge in [-0.15, -0.1) is 11.3 Å². The third-order valence-corrected chi connectivity index (χ3v) is 6.91. The van der Waals surface area contributed by atoms with Gasteiger partial charge in [-0.05, 0) is 44.1 Å². The van der Waals surface area contributed by atoms with Gasteiger partial charge >= 0.3 is 0 Å². The summed E-state index contributed by atoms with van der Waals surface area (Å²) in [4.78, 5) is 34.8. The van der Waals surface area contributed by atoms with Gasteiger partial charge in [-0.3, -0.25) is 14.2 Å². The van der Waals surface area contributed by atoms with Crippen molar-refractivity contribution in [3.05, 3.63) is 56.4 Å². The van der Waals surface area contributed by atoms with Gasteiger partial charge in [0, 0.05) is 24.7 Å². The largest absolute Gasteiger partial charge is 0.321 e. The Bertz CT molecular complexity index is 1140. The smallest absolute Gasteiger partial charge is 0.266 e. The van der Waals surface area contributed by atoms with Gasteiger partial charge in [0.05, 0.1) is 10.3 Å². The zero-order valence-corrected chi connectivity index (χ0v) is 20.1. The summed E-state index contributed by atoms with van der Waals surface area (Å²) in [5.74, 6) is 0.687. The fourth-order valence-corrected chi connectivity index (χ4v) is 4.85. The summed E-state index contributed by atoms with van der Waals surface area (Å²) in [5.41, 5.74) is 2.42. The van der Waals surface area contributed by atoms with E-state index in [4.69, 9.17) is 4.98 Å². The van der Waals surface area contributed by atoms with E-state index in [1.165, 1.54) is 11.3 Å². The summed E-state index contributed by atoms with van der Waals surface area (Å²) in [5, 5.41) is 3.54. The van der Waals surface area contributed by atoms with Crippen LogP contribution in [0.1, 0.15) is 60.2 Å². The molecular weight excluding hydrogens is 408 g/mol. The van der Waals surface area contributed by atoms with Crippen LogP contribution >= 0.6 is 11.3 Å². The Morgan fingerprint density at radius 3 is 2.48 bits per heavy atom. The molecule has 1 amide bonds. The quantitative estimate of drug-likeness (QED) is 0.547. The molecular formula is C24H32N4O2S. The number of thiophene rings is 1. The number of para-hydroxylation sites is 1. The standard InChI is InChI=1S/C24H32N4O2S/c1-7-27(8-2)13-14-28-21(15(3)4)26-23-19(24(28)30)17(6)20(31-23)22(29)25-18-12-10-9-11-16(18)5/h9-12,15H,7-8,13-14H2,1-6H3,(H,25,29). The Morgan fingerprint density at radius 1 is 1.19 bits per heavy atom. The Labute approximate surface area is 187 Å². The van der Waals surface area contributed by atoms with Crippen molar-refractivity contribution in [3.8, 4) is 0 Å². The molecule has 1 N–H and O–H groups in total. The molecule has 2 heterocycles. The van der Waals surface area contributed by atoms with Crippen molar-refractivity contribution in [2.75, 3.05) is 25.0 Å². The average molecular weight is 441 g/mol. The van der Waals surface area contributed by atoms with Gasteiger partial charge in [0.25, 0.3) is 11.5 Å². The van der Waals surface area contributed by atoms with E-state index >= 15 is 0 Å². The second kappa shape index (κ2) is 9.75. The number of rotatable bonds is 8. The van der Waals surface area contributed by atoms with Crippen molar-refractivity contribution in [2.24, 2.45) is 0 Å². The monoisotopic (exact) mass is 440 g/mol. The van der Waals surface area contributed by atoms with Gasteiger partial charge in [0.15, 0.2) is 0 Å². The highest BCUT2D eigenvalue weighted by molar-refractivity contribution is 7.20. The molecule has 0 unspecified atom stereocenters. The molecule has 0 aliphatic carbocycles. The summed E-state index contributed by atoms with van der Waals surface area (Å²) < 4.78 is 1.80. The number of nitrogens with zero attached hydrogens (tertiary/aromatic N) is 3. The summed E-state index contributed by atoms with van der Waals surface area (Å²) in [6.07, 6.45) is 0. The van der Waals surface area contributed by atoms with Crippen LogP contribution in [0.2, 0.25) is 0 Å². The lowest BCUT2D eigenvalue weighted by Gasteiger charge is -2.21. The molecule has 0 fully saturated rings. The van der Waals surface area contributed by atoms with E-state index < -0.39 is 0 Å². The van der Waals surface area contributed by atoms with Crippen LogP contribution in [-0.2, 0) is 6.54 Å². The Morgan fingerprint density at radius 2 is 1.87 bits per heavy atom. The lowest BCUT2D eigenvalue weighted by molar-refractivity contribution is 0.103. The van der Waals surface area contributed by atoms with Crippen LogP contribution in [0.25, 0.3) is 10.2 Å². The second-order valence-corrected chi connectivity index (χ2v) is 9.11. The SMILES string of the molecule is CCN(CC)CCn1c(C(C)C)nc2sc(C(=O)Nc3ccccc3C)c(C)c2c1=O. The van der Waals surface area contributed by atoms with Gasteiger partial charge in [0.1, 0.15) is 10.7 Å². The van der Waals surface area contributed by atoms with Crippen molar-refractivity contribution in [1.29, 1.82) is 0 Å². The topological polar surface area (TPSA) is 67.2 Å². The molecule has 166 valence electrons. The van der Waals surface area contributed by atoms with Crippen molar-refractivity contribution in [1.82, 2.24) is 14.5 Å². The van der Waals surface area contributed by atoms with Crippen molar-refractivity contribution >= 4 is 33.1 Å². The molecule has 31 heavy (non-hydrogen) atoms. The first kappa shape index (κ1) is 23.2. The molecule has 0 aliphatic rings. The maximum absolute atomic E-state index is 13.5. The summed E-state index contributed by atoms with van der Waals surface area (Å²) >= 11 is 1.30. The zero-order chi connectivity index (χ0) is 22.7. The van der Waals surface area contributed by atoms with E-state index in [-0.39, 0.29) is 17.4 Å². The van der Waals surface area contributed by atoms with Gasteiger partial charge in [0.2, 0.25) is 0 Å². The third kappa shape index (κ3) is 4.72. The molecule has 3 aromatic rings. The molecule has 0 aliphatic heterocycles. The van der Waals surface area contributed by atoms with E-state index in [1.807, 2.05) is 52.0 Å². The fraction of sp³-hybridized carbons (Fsp3) is 0.458. The molecule has 2 aromatic heterocycles. The number of amides is 1. The maximum Gasteiger partial charge on any atom is 0.266 e. The first-order valence-electron chi connectivity index (χ1n) is 10.9. The molecule has 0 bridgehead atoms. The number of hydrogen-bond donors (Lipinski definition) is 1. The Hall–Kier alpha value is -2.51. The van der Waals surface area contributed by atoms with E-state index in [9.17, 15) is 9.59 Å². The highest BCUT2D eigenvalue weighted by atomic mass is 32.1. The molecule has 3 rings (SSSR count). The molecule has 0 atom stereocenters.